The molecule has 2 rings (SSSR count). The van der Waals surface area contributed by atoms with Crippen LogP contribution in [0.1, 0.15) is 19.3 Å². The minimum atomic E-state index is -0.0166. The number of halogens is 1. The van der Waals surface area contributed by atoms with Crippen LogP contribution in [0.15, 0.2) is 28.7 Å². The SMILES string of the molecule is NCC1(Nc2cccc(Br)c2)CCCOCC1. The van der Waals surface area contributed by atoms with Crippen LogP contribution in [0.5, 0.6) is 0 Å². The highest BCUT2D eigenvalue weighted by atomic mass is 79.9. The van der Waals surface area contributed by atoms with Gasteiger partial charge in [0.25, 0.3) is 0 Å². The van der Waals surface area contributed by atoms with Crippen LogP contribution in [0.3, 0.4) is 0 Å². The summed E-state index contributed by atoms with van der Waals surface area (Å²) >= 11 is 3.49. The lowest BCUT2D eigenvalue weighted by molar-refractivity contribution is 0.141. The third-order valence-electron chi connectivity index (χ3n) is 3.29. The maximum absolute atomic E-state index is 5.96. The molecule has 0 aliphatic carbocycles. The van der Waals surface area contributed by atoms with E-state index in [1.165, 1.54) is 0 Å². The van der Waals surface area contributed by atoms with Crippen molar-refractivity contribution in [3.63, 3.8) is 0 Å². The maximum Gasteiger partial charge on any atom is 0.0518 e. The van der Waals surface area contributed by atoms with Crippen LogP contribution >= 0.6 is 15.9 Å². The van der Waals surface area contributed by atoms with Gasteiger partial charge < -0.3 is 15.8 Å². The van der Waals surface area contributed by atoms with Crippen LogP contribution in [-0.4, -0.2) is 25.3 Å². The zero-order valence-corrected chi connectivity index (χ0v) is 11.5. The van der Waals surface area contributed by atoms with E-state index in [9.17, 15) is 0 Å². The van der Waals surface area contributed by atoms with E-state index in [-0.39, 0.29) is 5.54 Å². The first-order valence-corrected chi connectivity index (χ1v) is 6.85. The van der Waals surface area contributed by atoms with Gasteiger partial charge in [-0.15, -0.1) is 0 Å². The second-order valence-corrected chi connectivity index (χ2v) is 5.50. The van der Waals surface area contributed by atoms with E-state index in [1.54, 1.807) is 0 Å². The zero-order valence-electron chi connectivity index (χ0n) is 9.92. The summed E-state index contributed by atoms with van der Waals surface area (Å²) in [6.07, 6.45) is 3.10. The van der Waals surface area contributed by atoms with Gasteiger partial charge in [-0.2, -0.15) is 0 Å². The quantitative estimate of drug-likeness (QED) is 0.902. The van der Waals surface area contributed by atoms with Gasteiger partial charge in [0, 0.05) is 29.9 Å². The van der Waals surface area contributed by atoms with Gasteiger partial charge in [0.15, 0.2) is 0 Å². The summed E-state index contributed by atoms with van der Waals surface area (Å²) in [5, 5.41) is 3.59. The largest absolute Gasteiger partial charge is 0.381 e. The first-order valence-electron chi connectivity index (χ1n) is 6.06. The smallest absolute Gasteiger partial charge is 0.0518 e. The van der Waals surface area contributed by atoms with E-state index < -0.39 is 0 Å². The fourth-order valence-electron chi connectivity index (χ4n) is 2.26. The molecular formula is C13H19BrN2O. The lowest BCUT2D eigenvalue weighted by Gasteiger charge is -2.33. The van der Waals surface area contributed by atoms with Crippen LogP contribution in [0.25, 0.3) is 0 Å². The topological polar surface area (TPSA) is 47.3 Å². The van der Waals surface area contributed by atoms with Crippen LogP contribution in [0.2, 0.25) is 0 Å². The molecule has 0 amide bonds. The van der Waals surface area contributed by atoms with Crippen molar-refractivity contribution < 1.29 is 4.74 Å². The number of rotatable bonds is 3. The van der Waals surface area contributed by atoms with Crippen molar-refractivity contribution >= 4 is 21.6 Å². The molecule has 0 aromatic heterocycles. The Labute approximate surface area is 111 Å². The fourth-order valence-corrected chi connectivity index (χ4v) is 2.66. The van der Waals surface area contributed by atoms with Gasteiger partial charge in [-0.25, -0.2) is 0 Å². The molecular weight excluding hydrogens is 280 g/mol. The molecule has 1 saturated heterocycles. The van der Waals surface area contributed by atoms with Gasteiger partial charge in [0.2, 0.25) is 0 Å². The Hall–Kier alpha value is -0.580. The third kappa shape index (κ3) is 3.44. The average Bonchev–Trinajstić information content (AvgIpc) is 2.55. The van der Waals surface area contributed by atoms with Gasteiger partial charge in [-0.3, -0.25) is 0 Å². The minimum absolute atomic E-state index is 0.0166. The average molecular weight is 299 g/mol. The molecule has 1 heterocycles. The number of nitrogens with one attached hydrogen (secondary N) is 1. The molecule has 0 radical (unpaired) electrons. The fraction of sp³-hybridized carbons (Fsp3) is 0.538. The van der Waals surface area contributed by atoms with E-state index in [1.807, 2.05) is 12.1 Å². The first kappa shape index (κ1) is 12.9. The molecule has 1 aromatic rings. The van der Waals surface area contributed by atoms with E-state index in [0.717, 1.165) is 42.6 Å². The second kappa shape index (κ2) is 5.85. The van der Waals surface area contributed by atoms with Gasteiger partial charge in [-0.1, -0.05) is 22.0 Å². The van der Waals surface area contributed by atoms with Crippen LogP contribution in [0, 0.1) is 0 Å². The summed E-state index contributed by atoms with van der Waals surface area (Å²) in [6.45, 7) is 2.28. The molecule has 1 aliphatic heterocycles. The predicted octanol–water partition coefficient (Wildman–Crippen LogP) is 2.76. The number of nitrogens with two attached hydrogens (primary N) is 1. The normalized spacial score (nSPS) is 25.3. The lowest BCUT2D eigenvalue weighted by atomic mass is 9.90. The van der Waals surface area contributed by atoms with Crippen molar-refractivity contribution in [2.75, 3.05) is 25.1 Å². The lowest BCUT2D eigenvalue weighted by Crippen LogP contribution is -2.45. The summed E-state index contributed by atoms with van der Waals surface area (Å²) in [5.41, 5.74) is 7.06. The number of anilines is 1. The molecule has 1 fully saturated rings. The van der Waals surface area contributed by atoms with Gasteiger partial charge in [0.1, 0.15) is 0 Å². The van der Waals surface area contributed by atoms with Gasteiger partial charge in [0.05, 0.1) is 5.54 Å². The van der Waals surface area contributed by atoms with Crippen molar-refractivity contribution in [2.45, 2.75) is 24.8 Å². The highest BCUT2D eigenvalue weighted by molar-refractivity contribution is 9.10. The summed E-state index contributed by atoms with van der Waals surface area (Å²) in [4.78, 5) is 0. The minimum Gasteiger partial charge on any atom is -0.381 e. The Morgan fingerprint density at radius 2 is 2.24 bits per heavy atom. The molecule has 3 N–H and O–H groups in total. The van der Waals surface area contributed by atoms with Crippen LogP contribution < -0.4 is 11.1 Å². The standard InChI is InChI=1S/C13H19BrN2O/c14-11-3-1-4-12(9-11)16-13(10-15)5-2-7-17-8-6-13/h1,3-4,9,16H,2,5-8,10,15H2. The van der Waals surface area contributed by atoms with Crippen molar-refractivity contribution in [3.8, 4) is 0 Å². The Bertz CT molecular complexity index is 362. The Morgan fingerprint density at radius 3 is 3.00 bits per heavy atom. The van der Waals surface area contributed by atoms with Crippen molar-refractivity contribution in [2.24, 2.45) is 5.73 Å². The zero-order chi connectivity index (χ0) is 12.1. The third-order valence-corrected chi connectivity index (χ3v) is 3.79. The molecule has 1 aromatic carbocycles. The van der Waals surface area contributed by atoms with Crippen LogP contribution in [-0.2, 0) is 4.74 Å². The van der Waals surface area contributed by atoms with Crippen LogP contribution in [0.4, 0.5) is 5.69 Å². The monoisotopic (exact) mass is 298 g/mol. The van der Waals surface area contributed by atoms with Crippen molar-refractivity contribution in [3.05, 3.63) is 28.7 Å². The highest BCUT2D eigenvalue weighted by Crippen LogP contribution is 2.26. The maximum atomic E-state index is 5.96. The molecule has 17 heavy (non-hydrogen) atoms. The van der Waals surface area contributed by atoms with Crippen molar-refractivity contribution in [1.82, 2.24) is 0 Å². The molecule has 4 heteroatoms. The Morgan fingerprint density at radius 1 is 1.35 bits per heavy atom. The predicted molar refractivity (Wildman–Crippen MR) is 74.2 cm³/mol. The van der Waals surface area contributed by atoms with E-state index in [2.05, 4.69) is 33.4 Å². The summed E-state index contributed by atoms with van der Waals surface area (Å²) in [7, 11) is 0. The number of ether oxygens (including phenoxy) is 1. The molecule has 1 atom stereocenters. The van der Waals surface area contributed by atoms with E-state index >= 15 is 0 Å². The molecule has 1 unspecified atom stereocenters. The number of hydrogen-bond acceptors (Lipinski definition) is 3. The molecule has 0 saturated carbocycles. The summed E-state index contributed by atoms with van der Waals surface area (Å²) in [5.74, 6) is 0. The molecule has 0 bridgehead atoms. The van der Waals surface area contributed by atoms with Crippen molar-refractivity contribution in [1.29, 1.82) is 0 Å². The highest BCUT2D eigenvalue weighted by Gasteiger charge is 2.29. The summed E-state index contributed by atoms with van der Waals surface area (Å²) < 4.78 is 6.59. The first-order chi connectivity index (χ1) is 8.24. The molecule has 1 aliphatic rings. The van der Waals surface area contributed by atoms with Gasteiger partial charge in [-0.05, 0) is 37.5 Å². The number of hydrogen-bond donors (Lipinski definition) is 2. The van der Waals surface area contributed by atoms with E-state index in [4.69, 9.17) is 10.5 Å². The Kier molecular flexibility index (Phi) is 4.42. The van der Waals surface area contributed by atoms with Gasteiger partial charge >= 0.3 is 0 Å². The molecule has 94 valence electrons. The molecule has 3 nitrogen and oxygen atoms in total. The summed E-state index contributed by atoms with van der Waals surface area (Å²) in [6, 6.07) is 8.22. The molecule has 0 spiro atoms. The Balaban J connectivity index is 2.12. The second-order valence-electron chi connectivity index (χ2n) is 4.59. The number of benzene rings is 1. The van der Waals surface area contributed by atoms with E-state index in [0.29, 0.717) is 6.54 Å².